The maximum atomic E-state index is 12.7. The van der Waals surface area contributed by atoms with E-state index in [1.165, 1.54) is 33.1 Å². The number of rotatable bonds is 28. The zero-order chi connectivity index (χ0) is 46.8. The average Bonchev–Trinajstić information content (AvgIpc) is 3.76. The normalized spacial score (nSPS) is 21.0. The Labute approximate surface area is 367 Å². The number of imidazole rings is 1. The number of ether oxygens (including phenoxy) is 1. The number of nitrogens with zero attached hydrogens (tertiary/aromatic N) is 4. The minimum atomic E-state index is -5.58. The number of phosphoric ester groups is 3. The molecule has 63 heavy (non-hydrogen) atoms. The minimum Gasteiger partial charge on any atom is -0.386 e. The van der Waals surface area contributed by atoms with Crippen LogP contribution in [0.3, 0.4) is 0 Å². The minimum absolute atomic E-state index is 0.0226. The number of nitrogens with one attached hydrogen (secondary N) is 2. The van der Waals surface area contributed by atoms with Gasteiger partial charge in [0.2, 0.25) is 11.8 Å². The maximum absolute atomic E-state index is 12.7. The molecule has 24 nitrogen and oxygen atoms in total. The van der Waals surface area contributed by atoms with Gasteiger partial charge in [-0.3, -0.25) is 32.5 Å². The SMILES string of the molecule is CCCCC/C=C/C=C/C=C/CCC(=O)SCCNC(=O)CCNC(=O)C(O)C(C)(C)COP(=O)(O)OP(=O)(O)OCC1OC(n2cnc3c(N)ncnc32)C(O)C1OP(=O)(O)O. The molecule has 7 atom stereocenters. The topological polar surface area (TPSA) is 364 Å². The second-order valence-electron chi connectivity index (χ2n) is 14.6. The van der Waals surface area contributed by atoms with Crippen molar-refractivity contribution in [3.05, 3.63) is 49.1 Å². The zero-order valence-electron chi connectivity index (χ0n) is 34.8. The van der Waals surface area contributed by atoms with Crippen molar-refractivity contribution in [2.45, 2.75) is 96.4 Å². The van der Waals surface area contributed by atoms with Crippen molar-refractivity contribution in [1.29, 1.82) is 0 Å². The maximum Gasteiger partial charge on any atom is 0.481 e. The number of unbranched alkanes of at least 4 members (excludes halogenated alkanes) is 3. The summed E-state index contributed by atoms with van der Waals surface area (Å²) in [5, 5.41) is 26.5. The first-order valence-electron chi connectivity index (χ1n) is 19.6. The van der Waals surface area contributed by atoms with Gasteiger partial charge in [0, 0.05) is 37.1 Å². The standard InChI is InChI=1S/C35H56N7O17P3S/c1-4-5-6-7-8-9-10-11-12-13-14-15-26(44)63-19-18-37-25(43)16-17-38-33(47)30(46)35(2,3)21-56-62(53,54)59-61(51,52)55-20-24-29(58-60(48,49)50)28(45)34(57-24)42-23-41-27-31(36)39-22-40-32(27)42/h8-13,22-24,28-30,34,45-46H,4-7,14-21H2,1-3H3,(H,37,43)(H,38,47)(H,51,52)(H,53,54)(H2,36,39,40)(H2,48,49,50)/b9-8+,11-10+,13-12+. The van der Waals surface area contributed by atoms with E-state index in [1.807, 2.05) is 30.4 Å². The van der Waals surface area contributed by atoms with Gasteiger partial charge in [0.05, 0.1) is 19.5 Å². The molecule has 0 aromatic carbocycles. The van der Waals surface area contributed by atoms with Crippen LogP contribution >= 0.6 is 35.2 Å². The van der Waals surface area contributed by atoms with E-state index in [1.54, 1.807) is 0 Å². The Morgan fingerprint density at radius 3 is 2.33 bits per heavy atom. The molecule has 1 aliphatic rings. The van der Waals surface area contributed by atoms with Crippen LogP contribution in [-0.2, 0) is 50.7 Å². The molecule has 2 aromatic rings. The molecule has 1 fully saturated rings. The smallest absolute Gasteiger partial charge is 0.386 e. The molecule has 0 radical (unpaired) electrons. The molecular weight excluding hydrogens is 915 g/mol. The van der Waals surface area contributed by atoms with Crippen LogP contribution in [0.5, 0.6) is 0 Å². The third-order valence-electron chi connectivity index (χ3n) is 8.86. The van der Waals surface area contributed by atoms with E-state index in [0.717, 1.165) is 35.4 Å². The Morgan fingerprint density at radius 2 is 1.65 bits per heavy atom. The third kappa shape index (κ3) is 19.0. The van der Waals surface area contributed by atoms with E-state index in [2.05, 4.69) is 47.4 Å². The van der Waals surface area contributed by atoms with Gasteiger partial charge < -0.3 is 50.9 Å². The number of allylic oxidation sites excluding steroid dienone is 6. The number of aliphatic hydroxyl groups excluding tert-OH is 2. The van der Waals surface area contributed by atoms with E-state index in [9.17, 15) is 57.9 Å². The fraction of sp³-hybridized carbons (Fsp3) is 0.600. The number of phosphoric acid groups is 3. The average molecular weight is 972 g/mol. The Bertz CT molecular complexity index is 2070. The number of thioether (sulfide) groups is 1. The highest BCUT2D eigenvalue weighted by Crippen LogP contribution is 2.61. The van der Waals surface area contributed by atoms with E-state index in [0.29, 0.717) is 18.6 Å². The molecule has 1 aliphatic heterocycles. The van der Waals surface area contributed by atoms with Crippen molar-refractivity contribution in [3.63, 3.8) is 0 Å². The van der Waals surface area contributed by atoms with Crippen LogP contribution in [0, 0.1) is 5.41 Å². The number of hydrogen-bond donors (Lipinski definition) is 9. The summed E-state index contributed by atoms with van der Waals surface area (Å²) in [5.41, 5.74) is 4.27. The highest BCUT2D eigenvalue weighted by Gasteiger charge is 2.50. The van der Waals surface area contributed by atoms with Gasteiger partial charge in [-0.1, -0.05) is 81.8 Å². The van der Waals surface area contributed by atoms with Crippen molar-refractivity contribution in [1.82, 2.24) is 30.2 Å². The zero-order valence-corrected chi connectivity index (χ0v) is 38.3. The van der Waals surface area contributed by atoms with Crippen molar-refractivity contribution >= 4 is 69.1 Å². The molecule has 2 amide bonds. The van der Waals surface area contributed by atoms with Gasteiger partial charge in [-0.2, -0.15) is 4.31 Å². The third-order valence-corrected chi connectivity index (χ3v) is 12.9. The molecule has 2 aromatic heterocycles. The number of nitrogen functional groups attached to an aromatic ring is 1. The summed E-state index contributed by atoms with van der Waals surface area (Å²) in [6, 6.07) is 0. The highest BCUT2D eigenvalue weighted by molar-refractivity contribution is 8.13. The summed E-state index contributed by atoms with van der Waals surface area (Å²) in [4.78, 5) is 88.0. The molecule has 0 aliphatic carbocycles. The lowest BCUT2D eigenvalue weighted by Gasteiger charge is -2.30. The lowest BCUT2D eigenvalue weighted by molar-refractivity contribution is -0.137. The fourth-order valence-corrected chi connectivity index (χ4v) is 9.08. The van der Waals surface area contributed by atoms with Crippen molar-refractivity contribution < 1.29 is 80.5 Å². The highest BCUT2D eigenvalue weighted by atomic mass is 32.2. The largest absolute Gasteiger partial charge is 0.481 e. The first kappa shape index (κ1) is 54.1. The molecule has 10 N–H and O–H groups in total. The summed E-state index contributed by atoms with van der Waals surface area (Å²) >= 11 is 1.09. The Kier molecular flexibility index (Phi) is 21.9. The molecule has 7 unspecified atom stereocenters. The number of carbonyl (C=O) groups is 3. The molecule has 0 bridgehead atoms. The van der Waals surface area contributed by atoms with Gasteiger partial charge in [-0.05, 0) is 19.3 Å². The Hall–Kier alpha value is -3.22. The summed E-state index contributed by atoms with van der Waals surface area (Å²) in [6.07, 6.45) is 10.4. The first-order valence-corrected chi connectivity index (χ1v) is 25.1. The monoisotopic (exact) mass is 971 g/mol. The van der Waals surface area contributed by atoms with Gasteiger partial charge in [0.15, 0.2) is 22.8 Å². The number of fused-ring (bicyclic) bond motifs is 1. The molecule has 354 valence electrons. The van der Waals surface area contributed by atoms with Gasteiger partial charge in [0.25, 0.3) is 0 Å². The fourth-order valence-electron chi connectivity index (χ4n) is 5.56. The molecule has 3 rings (SSSR count). The molecule has 28 heteroatoms. The summed E-state index contributed by atoms with van der Waals surface area (Å²) in [6.45, 7) is 2.66. The van der Waals surface area contributed by atoms with Crippen molar-refractivity contribution in [2.75, 3.05) is 37.8 Å². The Balaban J connectivity index is 1.38. The Morgan fingerprint density at radius 1 is 0.968 bits per heavy atom. The van der Waals surface area contributed by atoms with Gasteiger partial charge in [-0.15, -0.1) is 0 Å². The van der Waals surface area contributed by atoms with Crippen LogP contribution in [0.4, 0.5) is 5.82 Å². The molecule has 3 heterocycles. The van der Waals surface area contributed by atoms with Gasteiger partial charge in [0.1, 0.15) is 36.3 Å². The number of hydrogen-bond acceptors (Lipinski definition) is 18. The van der Waals surface area contributed by atoms with E-state index >= 15 is 0 Å². The summed E-state index contributed by atoms with van der Waals surface area (Å²) in [5.74, 6) is -1.11. The van der Waals surface area contributed by atoms with Crippen LogP contribution < -0.4 is 16.4 Å². The quantitative estimate of drug-likeness (QED) is 0.0336. The predicted molar refractivity (Wildman–Crippen MR) is 228 cm³/mol. The van der Waals surface area contributed by atoms with E-state index < -0.39 is 84.6 Å². The molecule has 1 saturated heterocycles. The second kappa shape index (κ2) is 25.5. The van der Waals surface area contributed by atoms with Crippen molar-refractivity contribution in [2.24, 2.45) is 5.41 Å². The van der Waals surface area contributed by atoms with Crippen molar-refractivity contribution in [3.8, 4) is 0 Å². The first-order chi connectivity index (χ1) is 29.6. The molecular formula is C35H56N7O17P3S. The summed E-state index contributed by atoms with van der Waals surface area (Å²) < 4.78 is 62.3. The van der Waals surface area contributed by atoms with Gasteiger partial charge in [-0.25, -0.2) is 28.6 Å². The lowest BCUT2D eigenvalue weighted by atomic mass is 9.87. The van der Waals surface area contributed by atoms with Crippen LogP contribution in [-0.4, -0.2) is 123 Å². The summed E-state index contributed by atoms with van der Waals surface area (Å²) in [7, 11) is -16.4. The van der Waals surface area contributed by atoms with Crippen LogP contribution in [0.25, 0.3) is 11.2 Å². The van der Waals surface area contributed by atoms with E-state index in [4.69, 9.17) is 19.5 Å². The predicted octanol–water partition coefficient (Wildman–Crippen LogP) is 2.69. The number of amides is 2. The lowest BCUT2D eigenvalue weighted by Crippen LogP contribution is -2.46. The van der Waals surface area contributed by atoms with Crippen LogP contribution in [0.2, 0.25) is 0 Å². The second-order valence-corrected chi connectivity index (χ2v) is 20.0. The number of anilines is 1. The van der Waals surface area contributed by atoms with E-state index in [-0.39, 0.29) is 41.6 Å². The van der Waals surface area contributed by atoms with Gasteiger partial charge >= 0.3 is 23.5 Å². The number of aromatic nitrogens is 4. The number of aliphatic hydroxyl groups is 2. The van der Waals surface area contributed by atoms with Crippen LogP contribution in [0.15, 0.2) is 49.1 Å². The van der Waals surface area contributed by atoms with Crippen LogP contribution in [0.1, 0.15) is 71.9 Å². The molecule has 0 spiro atoms. The molecule has 0 saturated carbocycles. The number of carbonyl (C=O) groups excluding carboxylic acids is 3. The number of nitrogens with two attached hydrogens (primary N) is 1.